The average Bonchev–Trinajstić information content (AvgIpc) is 3.07. The maximum atomic E-state index is 12.3. The fourth-order valence-electron chi connectivity index (χ4n) is 2.76. The Morgan fingerprint density at radius 1 is 1.04 bits per heavy atom. The van der Waals surface area contributed by atoms with Crippen LogP contribution in [0.5, 0.6) is 23.0 Å². The van der Waals surface area contributed by atoms with E-state index in [-0.39, 0.29) is 11.6 Å². The molecule has 1 aliphatic rings. The molecule has 2 aromatic carbocycles. The van der Waals surface area contributed by atoms with E-state index in [1.54, 1.807) is 18.2 Å². The largest absolute Gasteiger partial charge is 0.494 e. The van der Waals surface area contributed by atoms with Crippen LogP contribution >= 0.6 is 0 Å². The highest BCUT2D eigenvalue weighted by Crippen LogP contribution is 2.39. The summed E-state index contributed by atoms with van der Waals surface area (Å²) in [6, 6.07) is 10.7. The lowest BCUT2D eigenvalue weighted by Gasteiger charge is -2.13. The van der Waals surface area contributed by atoms with Crippen LogP contribution in [0.4, 0.5) is 0 Å². The summed E-state index contributed by atoms with van der Waals surface area (Å²) in [5.41, 5.74) is 1.51. The second kappa shape index (κ2) is 8.47. The molecular weight excluding hydrogens is 362 g/mol. The highest BCUT2D eigenvalue weighted by molar-refractivity contribution is 6.13. The van der Waals surface area contributed by atoms with E-state index in [9.17, 15) is 4.79 Å². The average molecular weight is 383 g/mol. The molecule has 0 atom stereocenters. The number of hydrogen-bond acceptors (Lipinski definition) is 7. The van der Waals surface area contributed by atoms with Gasteiger partial charge in [0.2, 0.25) is 11.6 Å². The van der Waals surface area contributed by atoms with Gasteiger partial charge in [-0.05, 0) is 42.8 Å². The zero-order valence-electron chi connectivity index (χ0n) is 16.1. The van der Waals surface area contributed by atoms with Crippen LogP contribution < -0.4 is 18.9 Å². The Hall–Kier alpha value is -3.48. The normalized spacial score (nSPS) is 14.5. The van der Waals surface area contributed by atoms with E-state index in [4.69, 9.17) is 23.7 Å². The third kappa shape index (κ3) is 3.93. The van der Waals surface area contributed by atoms with E-state index in [1.807, 2.05) is 31.2 Å². The molecule has 0 aliphatic carbocycles. The number of hydrogen-bond donors (Lipinski definition) is 0. The van der Waals surface area contributed by atoms with Crippen molar-refractivity contribution in [1.29, 1.82) is 0 Å². The molecule has 0 fully saturated rings. The summed E-state index contributed by atoms with van der Waals surface area (Å²) >= 11 is 0. The van der Waals surface area contributed by atoms with Crippen LogP contribution in [0.3, 0.4) is 0 Å². The molecule has 7 heteroatoms. The van der Waals surface area contributed by atoms with Crippen LogP contribution in [0.25, 0.3) is 6.08 Å². The van der Waals surface area contributed by atoms with Gasteiger partial charge in [0, 0.05) is 5.56 Å². The maximum Gasteiger partial charge on any atom is 0.363 e. The number of methoxy groups -OCH3 is 3. The van der Waals surface area contributed by atoms with Crippen molar-refractivity contribution in [2.45, 2.75) is 6.92 Å². The number of benzene rings is 2. The van der Waals surface area contributed by atoms with Gasteiger partial charge in [-0.1, -0.05) is 12.1 Å². The minimum Gasteiger partial charge on any atom is -0.494 e. The molecule has 0 aromatic heterocycles. The monoisotopic (exact) mass is 383 g/mol. The van der Waals surface area contributed by atoms with Gasteiger partial charge in [-0.15, -0.1) is 0 Å². The minimum atomic E-state index is -0.537. The third-order valence-electron chi connectivity index (χ3n) is 4.00. The SMILES string of the molecule is CCOc1cccc(C=C2N=C(c3cc(OC)c(OC)c(OC)c3)OC2=O)c1. The Balaban J connectivity index is 1.97. The highest BCUT2D eigenvalue weighted by Gasteiger charge is 2.26. The van der Waals surface area contributed by atoms with Crippen molar-refractivity contribution in [2.24, 2.45) is 4.99 Å². The predicted molar refractivity (Wildman–Crippen MR) is 104 cm³/mol. The lowest BCUT2D eigenvalue weighted by molar-refractivity contribution is -0.129. The van der Waals surface area contributed by atoms with Gasteiger partial charge in [0.25, 0.3) is 0 Å². The number of cyclic esters (lactones) is 1. The van der Waals surface area contributed by atoms with Gasteiger partial charge in [0.15, 0.2) is 17.2 Å². The van der Waals surface area contributed by atoms with E-state index in [2.05, 4.69) is 4.99 Å². The van der Waals surface area contributed by atoms with Crippen molar-refractivity contribution in [1.82, 2.24) is 0 Å². The molecule has 0 unspecified atom stereocenters. The molecule has 0 saturated heterocycles. The summed E-state index contributed by atoms with van der Waals surface area (Å²) in [6.45, 7) is 2.47. The first-order chi connectivity index (χ1) is 13.6. The molecule has 0 spiro atoms. The molecule has 1 heterocycles. The third-order valence-corrected chi connectivity index (χ3v) is 4.00. The molecule has 0 N–H and O–H groups in total. The van der Waals surface area contributed by atoms with Gasteiger partial charge in [0.05, 0.1) is 27.9 Å². The second-order valence-corrected chi connectivity index (χ2v) is 5.76. The van der Waals surface area contributed by atoms with Crippen molar-refractivity contribution >= 4 is 17.9 Å². The first-order valence-corrected chi connectivity index (χ1v) is 8.65. The first kappa shape index (κ1) is 19.3. The van der Waals surface area contributed by atoms with Gasteiger partial charge >= 0.3 is 5.97 Å². The smallest absolute Gasteiger partial charge is 0.363 e. The predicted octanol–water partition coefficient (Wildman–Crippen LogP) is 3.46. The Morgan fingerprint density at radius 3 is 2.36 bits per heavy atom. The molecule has 7 nitrogen and oxygen atoms in total. The van der Waals surface area contributed by atoms with E-state index >= 15 is 0 Å². The van der Waals surface area contributed by atoms with Crippen molar-refractivity contribution < 1.29 is 28.5 Å². The number of carbonyl (C=O) groups excluding carboxylic acids is 1. The number of rotatable bonds is 7. The summed E-state index contributed by atoms with van der Waals surface area (Å²) in [5.74, 6) is 1.68. The molecule has 0 bridgehead atoms. The van der Waals surface area contributed by atoms with Crippen LogP contribution in [-0.2, 0) is 9.53 Å². The van der Waals surface area contributed by atoms with Crippen LogP contribution in [-0.4, -0.2) is 39.8 Å². The Labute approximate surface area is 163 Å². The fraction of sp³-hybridized carbons (Fsp3) is 0.238. The minimum absolute atomic E-state index is 0.163. The summed E-state index contributed by atoms with van der Waals surface area (Å²) in [6.07, 6.45) is 1.65. The fourth-order valence-corrected chi connectivity index (χ4v) is 2.76. The zero-order chi connectivity index (χ0) is 20.1. The first-order valence-electron chi connectivity index (χ1n) is 8.65. The van der Waals surface area contributed by atoms with E-state index < -0.39 is 5.97 Å². The number of ether oxygens (including phenoxy) is 5. The standard InChI is InChI=1S/C21H21NO6/c1-5-27-15-8-6-7-13(9-15)10-16-21(23)28-20(22-16)14-11-17(24-2)19(26-4)18(12-14)25-3/h6-12H,5H2,1-4H3. The lowest BCUT2D eigenvalue weighted by atomic mass is 10.1. The maximum absolute atomic E-state index is 12.3. The number of aliphatic imine (C=N–C) groups is 1. The molecule has 146 valence electrons. The van der Waals surface area contributed by atoms with Crippen molar-refractivity contribution in [3.05, 3.63) is 53.2 Å². The number of esters is 1. The summed E-state index contributed by atoms with van der Waals surface area (Å²) in [5, 5.41) is 0. The summed E-state index contributed by atoms with van der Waals surface area (Å²) < 4.78 is 26.8. The van der Waals surface area contributed by atoms with Crippen LogP contribution in [0.1, 0.15) is 18.1 Å². The van der Waals surface area contributed by atoms with Crippen LogP contribution in [0, 0.1) is 0 Å². The Bertz CT molecular complexity index is 923. The highest BCUT2D eigenvalue weighted by atomic mass is 16.6. The molecule has 3 rings (SSSR count). The Kier molecular flexibility index (Phi) is 5.84. The van der Waals surface area contributed by atoms with Gasteiger partial charge in [-0.3, -0.25) is 0 Å². The topological polar surface area (TPSA) is 75.6 Å². The van der Waals surface area contributed by atoms with E-state index in [0.717, 1.165) is 11.3 Å². The Morgan fingerprint density at radius 2 is 1.75 bits per heavy atom. The number of nitrogens with zero attached hydrogens (tertiary/aromatic N) is 1. The zero-order valence-corrected chi connectivity index (χ0v) is 16.1. The quantitative estimate of drug-likeness (QED) is 0.538. The van der Waals surface area contributed by atoms with Crippen molar-refractivity contribution in [3.63, 3.8) is 0 Å². The van der Waals surface area contributed by atoms with Gasteiger partial charge in [-0.25, -0.2) is 9.79 Å². The van der Waals surface area contributed by atoms with Crippen molar-refractivity contribution in [3.8, 4) is 23.0 Å². The van der Waals surface area contributed by atoms with Gasteiger partial charge < -0.3 is 23.7 Å². The van der Waals surface area contributed by atoms with Crippen LogP contribution in [0.15, 0.2) is 47.1 Å². The lowest BCUT2D eigenvalue weighted by Crippen LogP contribution is -2.06. The summed E-state index contributed by atoms with van der Waals surface area (Å²) in [4.78, 5) is 16.6. The molecule has 0 amide bonds. The molecule has 28 heavy (non-hydrogen) atoms. The number of carbonyl (C=O) groups is 1. The summed E-state index contributed by atoms with van der Waals surface area (Å²) in [7, 11) is 4.55. The van der Waals surface area contributed by atoms with Crippen LogP contribution in [0.2, 0.25) is 0 Å². The molecular formula is C21H21NO6. The molecule has 2 aromatic rings. The molecule has 0 saturated carbocycles. The molecule has 0 radical (unpaired) electrons. The van der Waals surface area contributed by atoms with Gasteiger partial charge in [0.1, 0.15) is 5.75 Å². The van der Waals surface area contributed by atoms with E-state index in [1.165, 1.54) is 21.3 Å². The van der Waals surface area contributed by atoms with Crippen molar-refractivity contribution in [2.75, 3.05) is 27.9 Å². The van der Waals surface area contributed by atoms with Gasteiger partial charge in [-0.2, -0.15) is 0 Å². The molecule has 1 aliphatic heterocycles. The second-order valence-electron chi connectivity index (χ2n) is 5.76. The van der Waals surface area contributed by atoms with E-state index in [0.29, 0.717) is 29.4 Å².